The van der Waals surface area contributed by atoms with E-state index in [1.54, 1.807) is 11.3 Å². The molecular formula is C18H21N3OS. The maximum Gasteiger partial charge on any atom is 0.231 e. The van der Waals surface area contributed by atoms with Gasteiger partial charge in [-0.15, -0.1) is 11.3 Å². The summed E-state index contributed by atoms with van der Waals surface area (Å²) < 4.78 is 0. The molecule has 5 heteroatoms. The van der Waals surface area contributed by atoms with Crippen molar-refractivity contribution in [3.63, 3.8) is 0 Å². The second-order valence-electron chi connectivity index (χ2n) is 6.59. The first-order chi connectivity index (χ1) is 11.2. The summed E-state index contributed by atoms with van der Waals surface area (Å²) in [5.41, 5.74) is 1.08. The Balaban J connectivity index is 1.49. The number of likely N-dealkylation sites (tertiary alicyclic amines) is 2. The molecule has 0 saturated carbocycles. The van der Waals surface area contributed by atoms with Crippen molar-refractivity contribution in [2.75, 3.05) is 20.1 Å². The fourth-order valence-electron chi connectivity index (χ4n) is 4.19. The highest BCUT2D eigenvalue weighted by Crippen LogP contribution is 2.55. The number of thiazole rings is 1. The summed E-state index contributed by atoms with van der Waals surface area (Å²) in [6.45, 7) is 2.86. The van der Waals surface area contributed by atoms with E-state index < -0.39 is 0 Å². The molecule has 1 atom stereocenters. The van der Waals surface area contributed by atoms with Crippen LogP contribution in [0.1, 0.15) is 29.5 Å². The topological polar surface area (TPSA) is 36.4 Å². The largest absolute Gasteiger partial charge is 0.337 e. The van der Waals surface area contributed by atoms with Gasteiger partial charge in [0.1, 0.15) is 5.01 Å². The molecule has 2 aliphatic rings. The van der Waals surface area contributed by atoms with Crippen LogP contribution in [0.5, 0.6) is 0 Å². The molecule has 1 spiro atoms. The second kappa shape index (κ2) is 5.73. The fourth-order valence-corrected chi connectivity index (χ4v) is 4.85. The monoisotopic (exact) mass is 327 g/mol. The predicted molar refractivity (Wildman–Crippen MR) is 91.0 cm³/mol. The zero-order chi connectivity index (χ0) is 15.9. The number of hydrogen-bond acceptors (Lipinski definition) is 4. The zero-order valence-electron chi connectivity index (χ0n) is 13.3. The van der Waals surface area contributed by atoms with Gasteiger partial charge < -0.3 is 4.90 Å². The molecule has 4 nitrogen and oxygen atoms in total. The van der Waals surface area contributed by atoms with Crippen LogP contribution in [-0.4, -0.2) is 40.8 Å². The highest BCUT2D eigenvalue weighted by atomic mass is 32.1. The third-order valence-corrected chi connectivity index (χ3v) is 6.13. The number of piperidine rings is 1. The smallest absolute Gasteiger partial charge is 0.231 e. The van der Waals surface area contributed by atoms with E-state index in [0.717, 1.165) is 37.5 Å². The van der Waals surface area contributed by atoms with Gasteiger partial charge in [0.2, 0.25) is 5.91 Å². The maximum atomic E-state index is 12.6. The molecule has 0 N–H and O–H groups in total. The van der Waals surface area contributed by atoms with Crippen LogP contribution >= 0.6 is 11.3 Å². The van der Waals surface area contributed by atoms with Crippen LogP contribution in [0, 0.1) is 5.41 Å². The number of rotatable bonds is 3. The molecule has 120 valence electrons. The van der Waals surface area contributed by atoms with Crippen molar-refractivity contribution in [3.8, 4) is 0 Å². The summed E-state index contributed by atoms with van der Waals surface area (Å²) in [6.07, 6.45) is 3.75. The quantitative estimate of drug-likeness (QED) is 0.813. The lowest BCUT2D eigenvalue weighted by atomic mass is 9.62. The van der Waals surface area contributed by atoms with Gasteiger partial charge in [0.15, 0.2) is 0 Å². The number of β-lactam (4-membered cyclic amide) rings is 1. The highest BCUT2D eigenvalue weighted by Gasteiger charge is 2.59. The Bertz CT molecular complexity index is 678. The van der Waals surface area contributed by atoms with Gasteiger partial charge >= 0.3 is 0 Å². The molecule has 1 aromatic heterocycles. The number of carbonyl (C=O) groups is 1. The van der Waals surface area contributed by atoms with Crippen LogP contribution in [0.15, 0.2) is 41.9 Å². The minimum atomic E-state index is -0.185. The van der Waals surface area contributed by atoms with Crippen molar-refractivity contribution >= 4 is 17.2 Å². The molecule has 2 aliphatic heterocycles. The van der Waals surface area contributed by atoms with Gasteiger partial charge in [-0.25, -0.2) is 4.98 Å². The predicted octanol–water partition coefficient (Wildman–Crippen LogP) is 2.94. The average Bonchev–Trinajstić information content (AvgIpc) is 3.10. The van der Waals surface area contributed by atoms with Gasteiger partial charge in [-0.1, -0.05) is 30.3 Å². The van der Waals surface area contributed by atoms with Crippen LogP contribution in [0.25, 0.3) is 0 Å². The Hall–Kier alpha value is -1.72. The van der Waals surface area contributed by atoms with E-state index in [4.69, 9.17) is 0 Å². The van der Waals surface area contributed by atoms with E-state index in [1.165, 1.54) is 5.56 Å². The summed E-state index contributed by atoms with van der Waals surface area (Å²) in [5.74, 6) is 0.320. The van der Waals surface area contributed by atoms with Crippen LogP contribution < -0.4 is 0 Å². The molecule has 23 heavy (non-hydrogen) atoms. The highest BCUT2D eigenvalue weighted by molar-refractivity contribution is 7.09. The van der Waals surface area contributed by atoms with Crippen molar-refractivity contribution in [2.24, 2.45) is 5.41 Å². The summed E-state index contributed by atoms with van der Waals surface area (Å²) >= 11 is 1.71. The van der Waals surface area contributed by atoms with E-state index in [0.29, 0.717) is 5.91 Å². The van der Waals surface area contributed by atoms with E-state index >= 15 is 0 Å². The summed E-state index contributed by atoms with van der Waals surface area (Å²) in [7, 11) is 1.94. The SMILES string of the molecule is CN1C(=O)C2(CCN(Cc3nccs3)CC2)[C@@H]1c1ccccc1. The van der Waals surface area contributed by atoms with Crippen molar-refractivity contribution in [1.29, 1.82) is 0 Å². The number of benzene rings is 1. The van der Waals surface area contributed by atoms with Crippen LogP contribution in [0.3, 0.4) is 0 Å². The minimum Gasteiger partial charge on any atom is -0.337 e. The second-order valence-corrected chi connectivity index (χ2v) is 7.57. The third-order valence-electron chi connectivity index (χ3n) is 5.36. The molecule has 0 unspecified atom stereocenters. The van der Waals surface area contributed by atoms with Crippen molar-refractivity contribution in [1.82, 2.24) is 14.8 Å². The summed E-state index contributed by atoms with van der Waals surface area (Å²) in [5, 5.41) is 3.19. The molecule has 1 amide bonds. The van der Waals surface area contributed by atoms with Crippen molar-refractivity contribution in [3.05, 3.63) is 52.5 Å². The third kappa shape index (κ3) is 2.39. The van der Waals surface area contributed by atoms with Gasteiger partial charge in [-0.2, -0.15) is 0 Å². The van der Waals surface area contributed by atoms with E-state index in [2.05, 4.69) is 34.1 Å². The molecule has 0 radical (unpaired) electrons. The van der Waals surface area contributed by atoms with Gasteiger partial charge in [0.25, 0.3) is 0 Å². The molecule has 2 saturated heterocycles. The first-order valence-corrected chi connectivity index (χ1v) is 9.02. The normalized spacial score (nSPS) is 24.0. The molecule has 0 bridgehead atoms. The molecule has 3 heterocycles. The fraction of sp³-hybridized carbons (Fsp3) is 0.444. The average molecular weight is 327 g/mol. The lowest BCUT2D eigenvalue weighted by Crippen LogP contribution is -2.64. The number of hydrogen-bond donors (Lipinski definition) is 0. The summed E-state index contributed by atoms with van der Waals surface area (Å²) in [4.78, 5) is 21.4. The molecule has 2 fully saturated rings. The Labute approximate surface area is 140 Å². The van der Waals surface area contributed by atoms with Crippen LogP contribution in [-0.2, 0) is 11.3 Å². The van der Waals surface area contributed by atoms with Crippen LogP contribution in [0.2, 0.25) is 0 Å². The zero-order valence-corrected chi connectivity index (χ0v) is 14.1. The lowest BCUT2D eigenvalue weighted by Gasteiger charge is -2.58. The number of nitrogens with zero attached hydrogens (tertiary/aromatic N) is 3. The number of carbonyl (C=O) groups excluding carboxylic acids is 1. The first-order valence-electron chi connectivity index (χ1n) is 8.14. The molecular weight excluding hydrogens is 306 g/mol. The van der Waals surface area contributed by atoms with Crippen molar-refractivity contribution < 1.29 is 4.79 Å². The van der Waals surface area contributed by atoms with E-state index in [9.17, 15) is 4.79 Å². The Morgan fingerprint density at radius 2 is 2.00 bits per heavy atom. The molecule has 2 aromatic rings. The van der Waals surface area contributed by atoms with Gasteiger partial charge in [0, 0.05) is 18.6 Å². The van der Waals surface area contributed by atoms with Gasteiger partial charge in [-0.05, 0) is 31.5 Å². The molecule has 4 rings (SSSR count). The van der Waals surface area contributed by atoms with Crippen LogP contribution in [0.4, 0.5) is 0 Å². The lowest BCUT2D eigenvalue weighted by molar-refractivity contribution is -0.176. The van der Waals surface area contributed by atoms with Gasteiger partial charge in [-0.3, -0.25) is 9.69 Å². The summed E-state index contributed by atoms with van der Waals surface area (Å²) in [6, 6.07) is 10.7. The minimum absolute atomic E-state index is 0.185. The molecule has 1 aromatic carbocycles. The first kappa shape index (κ1) is 14.8. The number of aromatic nitrogens is 1. The standard InChI is InChI=1S/C18H21N3OS/c1-20-16(14-5-3-2-4-6-14)18(17(20)22)7-10-21(11-8-18)13-15-19-9-12-23-15/h2-6,9,12,16H,7-8,10-11,13H2,1H3/t16-/m0/s1. The Morgan fingerprint density at radius 1 is 1.26 bits per heavy atom. The van der Waals surface area contributed by atoms with E-state index in [-0.39, 0.29) is 11.5 Å². The Kier molecular flexibility index (Phi) is 3.70. The number of amides is 1. The van der Waals surface area contributed by atoms with Crippen molar-refractivity contribution in [2.45, 2.75) is 25.4 Å². The van der Waals surface area contributed by atoms with Gasteiger partial charge in [0.05, 0.1) is 18.0 Å². The van der Waals surface area contributed by atoms with E-state index in [1.807, 2.05) is 29.6 Å². The molecule has 0 aliphatic carbocycles. The maximum absolute atomic E-state index is 12.6. The Morgan fingerprint density at radius 3 is 2.65 bits per heavy atom.